The highest BCUT2D eigenvalue weighted by Crippen LogP contribution is 2.27. The summed E-state index contributed by atoms with van der Waals surface area (Å²) >= 11 is 0. The fourth-order valence-corrected chi connectivity index (χ4v) is 3.13. The maximum Gasteiger partial charge on any atom is 0.220 e. The fourth-order valence-electron chi connectivity index (χ4n) is 3.13. The summed E-state index contributed by atoms with van der Waals surface area (Å²) in [6.07, 6.45) is 2.54. The first kappa shape index (κ1) is 15.7. The Bertz CT molecular complexity index is 644. The van der Waals surface area contributed by atoms with E-state index in [1.165, 1.54) is 5.56 Å². The standard InChI is InChI=1S/C18H23N3O2/c1-13(14-4-6-15(22-2)7-5-14)10-21-9-8-17-16(11-21)18(23-3)20-12-19-17/h4-7,12-13H,8-11H2,1-3H3. The molecule has 0 saturated heterocycles. The van der Waals surface area contributed by atoms with Crippen molar-refractivity contribution in [3.05, 3.63) is 47.4 Å². The molecule has 0 fully saturated rings. The van der Waals surface area contributed by atoms with Crippen molar-refractivity contribution < 1.29 is 9.47 Å². The van der Waals surface area contributed by atoms with Crippen molar-refractivity contribution in [2.75, 3.05) is 27.3 Å². The quantitative estimate of drug-likeness (QED) is 0.849. The van der Waals surface area contributed by atoms with Gasteiger partial charge in [0, 0.05) is 31.6 Å². The molecular formula is C18H23N3O2. The fraction of sp³-hybridized carbons (Fsp3) is 0.444. The number of rotatable bonds is 5. The van der Waals surface area contributed by atoms with E-state index in [1.54, 1.807) is 20.5 Å². The Morgan fingerprint density at radius 2 is 1.91 bits per heavy atom. The topological polar surface area (TPSA) is 47.5 Å². The van der Waals surface area contributed by atoms with E-state index in [0.29, 0.717) is 11.8 Å². The maximum atomic E-state index is 5.38. The number of fused-ring (bicyclic) bond motifs is 1. The van der Waals surface area contributed by atoms with Crippen LogP contribution in [0.2, 0.25) is 0 Å². The van der Waals surface area contributed by atoms with Crippen LogP contribution < -0.4 is 9.47 Å². The summed E-state index contributed by atoms with van der Waals surface area (Å²) in [4.78, 5) is 11.1. The minimum absolute atomic E-state index is 0.457. The zero-order valence-corrected chi connectivity index (χ0v) is 14.0. The number of methoxy groups -OCH3 is 2. The van der Waals surface area contributed by atoms with Gasteiger partial charge in [0.2, 0.25) is 5.88 Å². The first-order valence-corrected chi connectivity index (χ1v) is 7.94. The predicted molar refractivity (Wildman–Crippen MR) is 89.0 cm³/mol. The van der Waals surface area contributed by atoms with Crippen LogP contribution in [-0.4, -0.2) is 42.2 Å². The molecule has 1 aliphatic rings. The minimum atomic E-state index is 0.457. The third-order valence-corrected chi connectivity index (χ3v) is 4.45. The summed E-state index contributed by atoms with van der Waals surface area (Å²) in [6.45, 7) is 5.13. The maximum absolute atomic E-state index is 5.38. The first-order chi connectivity index (χ1) is 11.2. The molecule has 1 aromatic carbocycles. The second kappa shape index (κ2) is 6.96. The van der Waals surface area contributed by atoms with E-state index in [0.717, 1.165) is 43.1 Å². The molecule has 122 valence electrons. The van der Waals surface area contributed by atoms with Gasteiger partial charge in [-0.3, -0.25) is 4.90 Å². The molecule has 5 nitrogen and oxygen atoms in total. The van der Waals surface area contributed by atoms with E-state index in [9.17, 15) is 0 Å². The molecule has 1 aromatic heterocycles. The molecule has 3 rings (SSSR count). The second-order valence-corrected chi connectivity index (χ2v) is 5.97. The Morgan fingerprint density at radius 3 is 2.61 bits per heavy atom. The van der Waals surface area contributed by atoms with Gasteiger partial charge in [0.05, 0.1) is 19.9 Å². The summed E-state index contributed by atoms with van der Waals surface area (Å²) < 4.78 is 10.6. The minimum Gasteiger partial charge on any atom is -0.497 e. The zero-order chi connectivity index (χ0) is 16.2. The second-order valence-electron chi connectivity index (χ2n) is 5.97. The summed E-state index contributed by atoms with van der Waals surface area (Å²) in [6, 6.07) is 8.33. The van der Waals surface area contributed by atoms with Gasteiger partial charge >= 0.3 is 0 Å². The van der Waals surface area contributed by atoms with Gasteiger partial charge in [-0.05, 0) is 23.6 Å². The van der Waals surface area contributed by atoms with Crippen LogP contribution in [0.25, 0.3) is 0 Å². The SMILES string of the molecule is COc1ccc(C(C)CN2CCc3ncnc(OC)c3C2)cc1. The molecule has 5 heteroatoms. The Labute approximate surface area is 137 Å². The molecular weight excluding hydrogens is 290 g/mol. The molecule has 0 saturated carbocycles. The Hall–Kier alpha value is -2.14. The lowest BCUT2D eigenvalue weighted by Gasteiger charge is -2.30. The Balaban J connectivity index is 1.68. The zero-order valence-electron chi connectivity index (χ0n) is 14.0. The van der Waals surface area contributed by atoms with Gasteiger partial charge < -0.3 is 9.47 Å². The molecule has 1 unspecified atom stereocenters. The van der Waals surface area contributed by atoms with Gasteiger partial charge in [-0.15, -0.1) is 0 Å². The number of aromatic nitrogens is 2. The van der Waals surface area contributed by atoms with Crippen LogP contribution in [0, 0.1) is 0 Å². The van der Waals surface area contributed by atoms with Crippen LogP contribution in [-0.2, 0) is 13.0 Å². The van der Waals surface area contributed by atoms with Crippen LogP contribution in [0.15, 0.2) is 30.6 Å². The van der Waals surface area contributed by atoms with Gasteiger partial charge in [0.15, 0.2) is 0 Å². The molecule has 1 atom stereocenters. The van der Waals surface area contributed by atoms with Gasteiger partial charge in [0.1, 0.15) is 12.1 Å². The highest BCUT2D eigenvalue weighted by molar-refractivity contribution is 5.32. The highest BCUT2D eigenvalue weighted by atomic mass is 16.5. The van der Waals surface area contributed by atoms with E-state index >= 15 is 0 Å². The van der Waals surface area contributed by atoms with E-state index in [4.69, 9.17) is 9.47 Å². The monoisotopic (exact) mass is 313 g/mol. The van der Waals surface area contributed by atoms with E-state index in [1.807, 2.05) is 12.1 Å². The van der Waals surface area contributed by atoms with Crippen molar-refractivity contribution in [3.63, 3.8) is 0 Å². The Morgan fingerprint density at radius 1 is 1.13 bits per heavy atom. The van der Waals surface area contributed by atoms with Crippen LogP contribution in [0.3, 0.4) is 0 Å². The van der Waals surface area contributed by atoms with Gasteiger partial charge in [-0.1, -0.05) is 19.1 Å². The number of benzene rings is 1. The van der Waals surface area contributed by atoms with Crippen LogP contribution in [0.1, 0.15) is 29.7 Å². The summed E-state index contributed by atoms with van der Waals surface area (Å²) in [5.74, 6) is 2.06. The van der Waals surface area contributed by atoms with Crippen LogP contribution >= 0.6 is 0 Å². The van der Waals surface area contributed by atoms with Gasteiger partial charge in [-0.25, -0.2) is 9.97 Å². The average Bonchev–Trinajstić information content (AvgIpc) is 2.61. The third-order valence-electron chi connectivity index (χ3n) is 4.45. The third kappa shape index (κ3) is 3.45. The molecule has 0 aliphatic carbocycles. The van der Waals surface area contributed by atoms with E-state index in [2.05, 4.69) is 33.9 Å². The average molecular weight is 313 g/mol. The molecule has 0 N–H and O–H groups in total. The molecule has 0 bridgehead atoms. The molecule has 2 aromatic rings. The van der Waals surface area contributed by atoms with E-state index < -0.39 is 0 Å². The molecule has 1 aliphatic heterocycles. The van der Waals surface area contributed by atoms with Gasteiger partial charge in [0.25, 0.3) is 0 Å². The molecule has 0 amide bonds. The highest BCUT2D eigenvalue weighted by Gasteiger charge is 2.23. The lowest BCUT2D eigenvalue weighted by atomic mass is 9.98. The molecule has 0 radical (unpaired) electrons. The van der Waals surface area contributed by atoms with Crippen molar-refractivity contribution in [3.8, 4) is 11.6 Å². The lowest BCUT2D eigenvalue weighted by Crippen LogP contribution is -2.34. The van der Waals surface area contributed by atoms with Crippen molar-refractivity contribution in [1.82, 2.24) is 14.9 Å². The molecule has 0 spiro atoms. The van der Waals surface area contributed by atoms with E-state index in [-0.39, 0.29) is 0 Å². The number of ether oxygens (including phenoxy) is 2. The Kier molecular flexibility index (Phi) is 4.76. The van der Waals surface area contributed by atoms with Crippen molar-refractivity contribution in [1.29, 1.82) is 0 Å². The summed E-state index contributed by atoms with van der Waals surface area (Å²) in [5.41, 5.74) is 3.57. The molecule has 23 heavy (non-hydrogen) atoms. The van der Waals surface area contributed by atoms with Crippen molar-refractivity contribution >= 4 is 0 Å². The predicted octanol–water partition coefficient (Wildman–Crippen LogP) is 2.66. The largest absolute Gasteiger partial charge is 0.497 e. The number of hydrogen-bond acceptors (Lipinski definition) is 5. The van der Waals surface area contributed by atoms with Crippen LogP contribution in [0.4, 0.5) is 0 Å². The van der Waals surface area contributed by atoms with Crippen molar-refractivity contribution in [2.45, 2.75) is 25.8 Å². The smallest absolute Gasteiger partial charge is 0.220 e. The molecule has 2 heterocycles. The summed E-state index contributed by atoms with van der Waals surface area (Å²) in [5, 5.41) is 0. The number of hydrogen-bond donors (Lipinski definition) is 0. The number of nitrogens with zero attached hydrogens (tertiary/aromatic N) is 3. The van der Waals surface area contributed by atoms with Gasteiger partial charge in [-0.2, -0.15) is 0 Å². The summed E-state index contributed by atoms with van der Waals surface area (Å²) in [7, 11) is 3.36. The normalized spacial score (nSPS) is 15.8. The van der Waals surface area contributed by atoms with Crippen molar-refractivity contribution in [2.24, 2.45) is 0 Å². The first-order valence-electron chi connectivity index (χ1n) is 7.94. The lowest BCUT2D eigenvalue weighted by molar-refractivity contribution is 0.233. The van der Waals surface area contributed by atoms with Crippen LogP contribution in [0.5, 0.6) is 11.6 Å².